The molecule has 294 valence electrons. The molecule has 2 aliphatic carbocycles. The van der Waals surface area contributed by atoms with Gasteiger partial charge in [0.2, 0.25) is 11.9 Å². The maximum atomic E-state index is 5.20. The summed E-state index contributed by atoms with van der Waals surface area (Å²) >= 11 is 0. The fourth-order valence-electron chi connectivity index (χ4n) is 10.4. The van der Waals surface area contributed by atoms with Gasteiger partial charge in [-0.2, -0.15) is 0 Å². The van der Waals surface area contributed by atoms with Gasteiger partial charge in [0.05, 0.1) is 22.1 Å². The van der Waals surface area contributed by atoms with Crippen LogP contribution in [0.2, 0.25) is 0 Å². The van der Waals surface area contributed by atoms with Crippen molar-refractivity contribution in [3.8, 4) is 22.3 Å². The molecule has 0 saturated carbocycles. The molecule has 0 atom stereocenters. The van der Waals surface area contributed by atoms with Gasteiger partial charge in [0.1, 0.15) is 0 Å². The highest BCUT2D eigenvalue weighted by Gasteiger charge is 2.43. The van der Waals surface area contributed by atoms with Crippen LogP contribution in [0.5, 0.6) is 0 Å². The number of hydrogen-bond acceptors (Lipinski definition) is 4. The number of anilines is 6. The molecule has 2 aliphatic rings. The molecule has 0 bridgehead atoms. The molecule has 0 N–H and O–H groups in total. The topological polar surface area (TPSA) is 42.1 Å². The fourth-order valence-corrected chi connectivity index (χ4v) is 10.4. The number of imidazole rings is 2. The summed E-state index contributed by atoms with van der Waals surface area (Å²) in [6, 6.07) is 52.7. The number of aryl methyl sites for hydroxylation is 4. The first kappa shape index (κ1) is 36.2. The Morgan fingerprint density at radius 2 is 0.783 bits per heavy atom. The quantitative estimate of drug-likeness (QED) is 0.169. The lowest BCUT2D eigenvalue weighted by molar-refractivity contribution is 0.652. The average molecular weight is 781 g/mol. The van der Waals surface area contributed by atoms with Crippen LogP contribution < -0.4 is 9.80 Å². The van der Waals surface area contributed by atoms with Gasteiger partial charge in [-0.1, -0.05) is 88.4 Å². The van der Waals surface area contributed by atoms with Gasteiger partial charge in [0, 0.05) is 47.7 Å². The van der Waals surface area contributed by atoms with Gasteiger partial charge in [0.25, 0.3) is 0 Å². The molecule has 11 rings (SSSR count). The minimum absolute atomic E-state index is 0.236. The summed E-state index contributed by atoms with van der Waals surface area (Å²) in [6.07, 6.45) is 0. The van der Waals surface area contributed by atoms with Crippen molar-refractivity contribution in [2.75, 3.05) is 9.80 Å². The molecule has 0 unspecified atom stereocenters. The highest BCUT2D eigenvalue weighted by Crippen LogP contribution is 2.59. The van der Waals surface area contributed by atoms with Crippen molar-refractivity contribution in [3.63, 3.8) is 0 Å². The van der Waals surface area contributed by atoms with Gasteiger partial charge in [-0.05, 0) is 154 Å². The molecule has 60 heavy (non-hydrogen) atoms. The van der Waals surface area contributed by atoms with Crippen molar-refractivity contribution >= 4 is 56.7 Å². The second-order valence-corrected chi connectivity index (χ2v) is 17.8. The number of hydrogen-bond donors (Lipinski definition) is 0. The second-order valence-electron chi connectivity index (χ2n) is 17.8. The summed E-state index contributed by atoms with van der Waals surface area (Å²) in [4.78, 5) is 15.0. The van der Waals surface area contributed by atoms with Crippen molar-refractivity contribution in [1.29, 1.82) is 0 Å². The van der Waals surface area contributed by atoms with Crippen molar-refractivity contribution in [1.82, 2.24) is 19.1 Å². The van der Waals surface area contributed by atoms with E-state index in [0.717, 1.165) is 56.7 Å². The second kappa shape index (κ2) is 12.8. The van der Waals surface area contributed by atoms with Crippen LogP contribution in [0, 0.1) is 13.8 Å². The normalized spacial score (nSPS) is 14.3. The van der Waals surface area contributed by atoms with E-state index in [0.29, 0.717) is 0 Å². The first-order valence-corrected chi connectivity index (χ1v) is 21.0. The molecule has 2 heterocycles. The summed E-state index contributed by atoms with van der Waals surface area (Å²) in [5, 5.41) is 0. The van der Waals surface area contributed by atoms with Crippen LogP contribution in [0.15, 0.2) is 146 Å². The summed E-state index contributed by atoms with van der Waals surface area (Å²) in [6.45, 7) is 14.2. The van der Waals surface area contributed by atoms with Gasteiger partial charge in [-0.15, -0.1) is 0 Å². The van der Waals surface area contributed by atoms with Crippen LogP contribution in [0.25, 0.3) is 44.3 Å². The van der Waals surface area contributed by atoms with Crippen LogP contribution in [-0.2, 0) is 24.9 Å². The number of para-hydroxylation sites is 6. The third-order valence-corrected chi connectivity index (χ3v) is 13.5. The Balaban J connectivity index is 1.05. The molecule has 0 radical (unpaired) electrons. The van der Waals surface area contributed by atoms with Gasteiger partial charge in [-0.3, -0.25) is 9.80 Å². The number of nitrogens with zero attached hydrogens (tertiary/aromatic N) is 6. The summed E-state index contributed by atoms with van der Waals surface area (Å²) in [5.41, 5.74) is 21.5. The Kier molecular flexibility index (Phi) is 7.71. The third kappa shape index (κ3) is 5.06. The Labute approximate surface area is 352 Å². The van der Waals surface area contributed by atoms with Crippen LogP contribution in [-0.4, -0.2) is 19.1 Å². The van der Waals surface area contributed by atoms with Crippen molar-refractivity contribution in [2.45, 2.75) is 52.4 Å². The lowest BCUT2D eigenvalue weighted by atomic mass is 9.79. The average Bonchev–Trinajstić information content (AvgIpc) is 3.90. The molecule has 0 amide bonds. The fraction of sp³-hybridized carbons (Fsp3) is 0.185. The zero-order valence-electron chi connectivity index (χ0n) is 35.5. The summed E-state index contributed by atoms with van der Waals surface area (Å²) in [5.74, 6) is 1.79. The van der Waals surface area contributed by atoms with E-state index in [1.807, 2.05) is 0 Å². The molecule has 6 nitrogen and oxygen atoms in total. The monoisotopic (exact) mass is 780 g/mol. The smallest absolute Gasteiger partial charge is 0.215 e. The molecule has 0 spiro atoms. The lowest BCUT2D eigenvalue weighted by Gasteiger charge is -2.28. The molecule has 0 saturated heterocycles. The van der Waals surface area contributed by atoms with E-state index < -0.39 is 0 Å². The van der Waals surface area contributed by atoms with Gasteiger partial charge < -0.3 is 9.13 Å². The molecule has 6 heteroatoms. The van der Waals surface area contributed by atoms with Gasteiger partial charge >= 0.3 is 0 Å². The van der Waals surface area contributed by atoms with Gasteiger partial charge in [0.15, 0.2) is 0 Å². The Morgan fingerprint density at radius 3 is 1.17 bits per heavy atom. The zero-order valence-corrected chi connectivity index (χ0v) is 35.5. The first-order chi connectivity index (χ1) is 28.9. The molecule has 9 aromatic rings. The Bertz CT molecular complexity index is 2990. The number of rotatable bonds is 6. The maximum absolute atomic E-state index is 5.20. The van der Waals surface area contributed by atoms with Crippen molar-refractivity contribution in [3.05, 3.63) is 179 Å². The van der Waals surface area contributed by atoms with E-state index in [2.05, 4.69) is 220 Å². The highest BCUT2D eigenvalue weighted by atomic mass is 15.3. The molecular formula is C54H48N6. The molecule has 0 fully saturated rings. The Morgan fingerprint density at radius 1 is 0.417 bits per heavy atom. The first-order valence-electron chi connectivity index (χ1n) is 21.0. The minimum atomic E-state index is -0.236. The van der Waals surface area contributed by atoms with Crippen LogP contribution in [0.1, 0.15) is 61.1 Å². The van der Waals surface area contributed by atoms with Crippen molar-refractivity contribution < 1.29 is 0 Å². The molecule has 0 aliphatic heterocycles. The van der Waals surface area contributed by atoms with E-state index in [4.69, 9.17) is 9.97 Å². The minimum Gasteiger partial charge on any atom is -0.313 e. The van der Waals surface area contributed by atoms with Crippen LogP contribution in [0.4, 0.5) is 34.6 Å². The predicted molar refractivity (Wildman–Crippen MR) is 249 cm³/mol. The maximum Gasteiger partial charge on any atom is 0.215 e. The number of fused-ring (bicyclic) bond motifs is 8. The van der Waals surface area contributed by atoms with Gasteiger partial charge in [-0.25, -0.2) is 9.97 Å². The van der Waals surface area contributed by atoms with E-state index in [9.17, 15) is 0 Å². The third-order valence-electron chi connectivity index (χ3n) is 13.5. The van der Waals surface area contributed by atoms with E-state index in [-0.39, 0.29) is 10.8 Å². The Hall–Kier alpha value is -6.92. The van der Waals surface area contributed by atoms with E-state index in [1.165, 1.54) is 55.6 Å². The van der Waals surface area contributed by atoms with Crippen LogP contribution in [0.3, 0.4) is 0 Å². The van der Waals surface area contributed by atoms with E-state index in [1.54, 1.807) is 0 Å². The van der Waals surface area contributed by atoms with E-state index >= 15 is 0 Å². The molecular weight excluding hydrogens is 733 g/mol. The molecule has 7 aromatic carbocycles. The number of benzene rings is 7. The standard InChI is InChI=1S/C54H48N6/c1-33-27-37(59(35-19-11-9-12-20-35)51-55-45-23-15-17-25-47(45)57(51)7)29-43-49(33)39-31-42-40(32-41(39)53(43,3)4)50-34(2)28-38(30-44(50)54(42,5)6)60(36-21-13-10-14-22-36)52-56-46-24-16-18-26-48(46)58(52)8/h9-32H,1-8H3. The highest BCUT2D eigenvalue weighted by molar-refractivity contribution is 5.95. The molecule has 2 aromatic heterocycles. The summed E-state index contributed by atoms with van der Waals surface area (Å²) < 4.78 is 4.42. The number of aromatic nitrogens is 4. The zero-order chi connectivity index (χ0) is 41.2. The lowest BCUT2D eigenvalue weighted by Crippen LogP contribution is -2.19. The largest absolute Gasteiger partial charge is 0.313 e. The predicted octanol–water partition coefficient (Wildman–Crippen LogP) is 13.6. The van der Waals surface area contributed by atoms with Crippen molar-refractivity contribution in [2.24, 2.45) is 14.1 Å². The van der Waals surface area contributed by atoms with Crippen LogP contribution >= 0.6 is 0 Å². The SMILES string of the molecule is Cc1cc(N(c2ccccc2)c2nc3ccccc3n2C)cc2c1-c1cc3c(cc1C2(C)C)-c1c(C)cc(N(c2ccccc2)c2nc4ccccc4n2C)cc1C3(C)C. The summed E-state index contributed by atoms with van der Waals surface area (Å²) in [7, 11) is 4.23.